The minimum absolute atomic E-state index is 0.0295. The molecule has 0 aliphatic rings. The van der Waals surface area contributed by atoms with Gasteiger partial charge in [-0.3, -0.25) is 9.78 Å². The fraction of sp³-hybridized carbons (Fsp3) is 0.154. The van der Waals surface area contributed by atoms with Crippen LogP contribution in [-0.2, 0) is 0 Å². The predicted octanol–water partition coefficient (Wildman–Crippen LogP) is 1.94. The highest BCUT2D eigenvalue weighted by atomic mass is 16.4. The lowest BCUT2D eigenvalue weighted by atomic mass is 10.2. The zero-order valence-corrected chi connectivity index (χ0v) is 9.83. The molecule has 0 saturated heterocycles. The molecule has 0 saturated carbocycles. The van der Waals surface area contributed by atoms with Crippen LogP contribution in [0.1, 0.15) is 10.6 Å². The van der Waals surface area contributed by atoms with Crippen molar-refractivity contribution in [1.82, 2.24) is 9.88 Å². The maximum absolute atomic E-state index is 11.8. The molecule has 0 spiro atoms. The van der Waals surface area contributed by atoms with Crippen molar-refractivity contribution in [3.8, 4) is 17.4 Å². The fourth-order valence-corrected chi connectivity index (χ4v) is 1.48. The van der Waals surface area contributed by atoms with E-state index in [0.29, 0.717) is 5.76 Å². The second-order valence-corrected chi connectivity index (χ2v) is 3.72. The van der Waals surface area contributed by atoms with Gasteiger partial charge in [-0.15, -0.1) is 0 Å². The van der Waals surface area contributed by atoms with Crippen LogP contribution in [0, 0.1) is 11.3 Å². The molecule has 0 atom stereocenters. The maximum atomic E-state index is 11.8. The number of carbonyl (C=O) groups excluding carboxylic acids is 1. The number of amides is 1. The third kappa shape index (κ3) is 2.38. The smallest absolute Gasteiger partial charge is 0.290 e. The van der Waals surface area contributed by atoms with Gasteiger partial charge in [-0.25, -0.2) is 0 Å². The Morgan fingerprint density at radius 3 is 3.00 bits per heavy atom. The van der Waals surface area contributed by atoms with E-state index in [9.17, 15) is 4.79 Å². The summed E-state index contributed by atoms with van der Waals surface area (Å²) in [6.07, 6.45) is 3.32. The van der Waals surface area contributed by atoms with E-state index in [0.717, 1.165) is 5.56 Å². The summed E-state index contributed by atoms with van der Waals surface area (Å²) in [5, 5.41) is 8.53. The largest absolute Gasteiger partial charge is 0.451 e. The first-order valence-electron chi connectivity index (χ1n) is 5.35. The third-order valence-corrected chi connectivity index (χ3v) is 2.42. The summed E-state index contributed by atoms with van der Waals surface area (Å²) in [5.41, 5.74) is 0.805. The normalized spacial score (nSPS) is 9.78. The first kappa shape index (κ1) is 11.9. The van der Waals surface area contributed by atoms with Gasteiger partial charge >= 0.3 is 0 Å². The average Bonchev–Trinajstić information content (AvgIpc) is 2.89. The average molecular weight is 241 g/mol. The van der Waals surface area contributed by atoms with Crippen LogP contribution in [0.4, 0.5) is 0 Å². The van der Waals surface area contributed by atoms with E-state index in [4.69, 9.17) is 9.68 Å². The third-order valence-electron chi connectivity index (χ3n) is 2.42. The van der Waals surface area contributed by atoms with Crippen LogP contribution in [0.2, 0.25) is 0 Å². The van der Waals surface area contributed by atoms with Crippen molar-refractivity contribution >= 4 is 5.91 Å². The number of nitrogens with zero attached hydrogens (tertiary/aromatic N) is 3. The van der Waals surface area contributed by atoms with Crippen molar-refractivity contribution in [1.29, 1.82) is 5.26 Å². The first-order valence-corrected chi connectivity index (χ1v) is 5.35. The Morgan fingerprint density at radius 1 is 1.50 bits per heavy atom. The molecular formula is C13H11N3O2. The van der Waals surface area contributed by atoms with Crippen LogP contribution in [0.5, 0.6) is 0 Å². The van der Waals surface area contributed by atoms with Crippen molar-refractivity contribution < 1.29 is 9.21 Å². The van der Waals surface area contributed by atoms with Crippen LogP contribution in [0.25, 0.3) is 11.3 Å². The molecule has 0 radical (unpaired) electrons. The molecule has 18 heavy (non-hydrogen) atoms. The molecule has 0 aromatic carbocycles. The topological polar surface area (TPSA) is 70.1 Å². The standard InChI is InChI=1S/C13H11N3O2/c1-16(8-6-14)13(17)12-5-4-11(18-12)10-3-2-7-15-9-10/h2-5,7,9H,8H2,1H3. The quantitative estimate of drug-likeness (QED) is 0.770. The molecule has 0 aliphatic carbocycles. The number of carbonyl (C=O) groups is 1. The number of rotatable bonds is 3. The van der Waals surface area contributed by atoms with Crippen LogP contribution < -0.4 is 0 Å². The number of aromatic nitrogens is 1. The van der Waals surface area contributed by atoms with Gasteiger partial charge in [-0.2, -0.15) is 5.26 Å². The number of furan rings is 1. The number of hydrogen-bond acceptors (Lipinski definition) is 4. The van der Waals surface area contributed by atoms with Crippen LogP contribution >= 0.6 is 0 Å². The van der Waals surface area contributed by atoms with Crippen molar-refractivity contribution in [3.63, 3.8) is 0 Å². The van der Waals surface area contributed by atoms with Gasteiger partial charge in [-0.1, -0.05) is 0 Å². The predicted molar refractivity (Wildman–Crippen MR) is 64.5 cm³/mol. The molecule has 2 heterocycles. The molecule has 2 aromatic rings. The van der Waals surface area contributed by atoms with Crippen molar-refractivity contribution in [2.24, 2.45) is 0 Å². The van der Waals surface area contributed by atoms with Gasteiger partial charge in [0.05, 0.1) is 6.07 Å². The van der Waals surface area contributed by atoms with Gasteiger partial charge in [0.1, 0.15) is 12.3 Å². The molecular weight excluding hydrogens is 230 g/mol. The highest BCUT2D eigenvalue weighted by molar-refractivity contribution is 5.92. The lowest BCUT2D eigenvalue weighted by Gasteiger charge is -2.10. The highest BCUT2D eigenvalue weighted by Gasteiger charge is 2.16. The molecule has 1 amide bonds. The zero-order valence-electron chi connectivity index (χ0n) is 9.83. The molecule has 0 aliphatic heterocycles. The fourth-order valence-electron chi connectivity index (χ4n) is 1.48. The summed E-state index contributed by atoms with van der Waals surface area (Å²) < 4.78 is 5.46. The van der Waals surface area contributed by atoms with Gasteiger partial charge in [0.15, 0.2) is 5.76 Å². The number of pyridine rings is 1. The van der Waals surface area contributed by atoms with Gasteiger partial charge in [0.2, 0.25) is 0 Å². The highest BCUT2D eigenvalue weighted by Crippen LogP contribution is 2.21. The van der Waals surface area contributed by atoms with Crippen LogP contribution in [0.3, 0.4) is 0 Å². The minimum Gasteiger partial charge on any atom is -0.451 e. The van der Waals surface area contributed by atoms with E-state index in [2.05, 4.69) is 4.98 Å². The lowest BCUT2D eigenvalue weighted by molar-refractivity contribution is 0.0781. The molecule has 90 valence electrons. The monoisotopic (exact) mass is 241 g/mol. The van der Waals surface area contributed by atoms with E-state index in [-0.39, 0.29) is 18.2 Å². The van der Waals surface area contributed by atoms with Crippen LogP contribution in [-0.4, -0.2) is 29.4 Å². The molecule has 5 nitrogen and oxygen atoms in total. The summed E-state index contributed by atoms with van der Waals surface area (Å²) in [6.45, 7) is 0.0295. The summed E-state index contributed by atoms with van der Waals surface area (Å²) in [5.74, 6) is 0.482. The van der Waals surface area contributed by atoms with E-state index in [1.165, 1.54) is 4.90 Å². The molecule has 0 unspecified atom stereocenters. The Bertz CT molecular complexity index is 584. The summed E-state index contributed by atoms with van der Waals surface area (Å²) in [4.78, 5) is 17.1. The van der Waals surface area contributed by atoms with E-state index in [1.54, 1.807) is 37.6 Å². The van der Waals surface area contributed by atoms with Crippen molar-refractivity contribution in [3.05, 3.63) is 42.4 Å². The Morgan fingerprint density at radius 2 is 2.33 bits per heavy atom. The first-order chi connectivity index (χ1) is 8.72. The summed E-state index contributed by atoms with van der Waals surface area (Å²) in [6, 6.07) is 8.86. The maximum Gasteiger partial charge on any atom is 0.290 e. The molecule has 0 fully saturated rings. The van der Waals surface area contributed by atoms with Gasteiger partial charge in [-0.05, 0) is 24.3 Å². The van der Waals surface area contributed by atoms with Gasteiger partial charge in [0, 0.05) is 25.0 Å². The Hall–Kier alpha value is -2.61. The van der Waals surface area contributed by atoms with Crippen molar-refractivity contribution in [2.75, 3.05) is 13.6 Å². The van der Waals surface area contributed by atoms with Gasteiger partial charge < -0.3 is 9.32 Å². The minimum atomic E-state index is -0.313. The van der Waals surface area contributed by atoms with E-state index in [1.807, 2.05) is 12.1 Å². The number of nitriles is 1. The molecule has 2 aromatic heterocycles. The molecule has 0 N–H and O–H groups in total. The van der Waals surface area contributed by atoms with Crippen LogP contribution in [0.15, 0.2) is 41.1 Å². The number of hydrogen-bond donors (Lipinski definition) is 0. The second-order valence-electron chi connectivity index (χ2n) is 3.72. The molecule has 2 rings (SSSR count). The summed E-state index contributed by atoms with van der Waals surface area (Å²) >= 11 is 0. The Kier molecular flexibility index (Phi) is 3.39. The lowest BCUT2D eigenvalue weighted by Crippen LogP contribution is -2.26. The SMILES string of the molecule is CN(CC#N)C(=O)c1ccc(-c2cccnc2)o1. The Labute approximate surface area is 104 Å². The molecule has 0 bridgehead atoms. The molecule has 5 heteroatoms. The summed E-state index contributed by atoms with van der Waals surface area (Å²) in [7, 11) is 1.55. The van der Waals surface area contributed by atoms with Crippen molar-refractivity contribution in [2.45, 2.75) is 0 Å². The second kappa shape index (κ2) is 5.15. The van der Waals surface area contributed by atoms with Gasteiger partial charge in [0.25, 0.3) is 5.91 Å². The van der Waals surface area contributed by atoms with E-state index >= 15 is 0 Å². The van der Waals surface area contributed by atoms with E-state index < -0.39 is 0 Å². The Balaban J connectivity index is 2.22. The zero-order chi connectivity index (χ0) is 13.0.